The highest BCUT2D eigenvalue weighted by Gasteiger charge is 2.60. The lowest BCUT2D eigenvalue weighted by atomic mass is 9.59. The van der Waals surface area contributed by atoms with Gasteiger partial charge in [0, 0.05) is 12.1 Å². The molecule has 6 aromatic carbocycles. The molecule has 1 aliphatic heterocycles. The van der Waals surface area contributed by atoms with Gasteiger partial charge in [-0.25, -0.2) is 0 Å². The van der Waals surface area contributed by atoms with Crippen LogP contribution in [-0.4, -0.2) is 19.1 Å². The van der Waals surface area contributed by atoms with Gasteiger partial charge in [0.15, 0.2) is 0 Å². The van der Waals surface area contributed by atoms with Gasteiger partial charge in [0.05, 0.1) is 12.5 Å². The van der Waals surface area contributed by atoms with Gasteiger partial charge in [-0.3, -0.25) is 4.79 Å². The Bertz CT molecular complexity index is 1980. The first-order chi connectivity index (χ1) is 24.7. The molecule has 7 rings (SSSR count). The summed E-state index contributed by atoms with van der Waals surface area (Å²) in [7, 11) is 1.42. The molecule has 246 valence electrons. The zero-order valence-corrected chi connectivity index (χ0v) is 27.8. The van der Waals surface area contributed by atoms with Crippen LogP contribution >= 0.6 is 0 Å². The number of carbonyl (C=O) groups excluding carboxylic acids is 1. The summed E-state index contributed by atoms with van der Waals surface area (Å²) in [5, 5.41) is 21.8. The van der Waals surface area contributed by atoms with Crippen molar-refractivity contribution in [2.75, 3.05) is 7.11 Å². The summed E-state index contributed by atoms with van der Waals surface area (Å²) in [6.45, 7) is 0.500. The van der Waals surface area contributed by atoms with E-state index in [1.165, 1.54) is 7.11 Å². The molecule has 7 nitrogen and oxygen atoms in total. The molecule has 0 saturated heterocycles. The summed E-state index contributed by atoms with van der Waals surface area (Å²) in [4.78, 5) is 12.6. The number of benzene rings is 6. The van der Waals surface area contributed by atoms with Crippen molar-refractivity contribution < 1.29 is 9.53 Å². The molecule has 0 bridgehead atoms. The zero-order valence-electron chi connectivity index (χ0n) is 27.8. The Hall–Kier alpha value is -6.05. The molecule has 6 aromatic rings. The number of carbonyl (C=O) groups is 1. The van der Waals surface area contributed by atoms with E-state index < -0.39 is 17.1 Å². The molecule has 0 radical (unpaired) electrons. The zero-order chi connectivity index (χ0) is 34.2. The summed E-state index contributed by atoms with van der Waals surface area (Å²) in [6.07, 6.45) is 0.538. The Morgan fingerprint density at radius 3 is 1.62 bits per heavy atom. The molecule has 0 fully saturated rings. The van der Waals surface area contributed by atoms with Gasteiger partial charge >= 0.3 is 5.97 Å². The van der Waals surface area contributed by atoms with E-state index >= 15 is 0 Å². The van der Waals surface area contributed by atoms with Crippen LogP contribution in [0, 0.1) is 0 Å². The molecular weight excluding hydrogens is 619 g/mol. The van der Waals surface area contributed by atoms with Crippen molar-refractivity contribution in [2.24, 2.45) is 20.7 Å². The van der Waals surface area contributed by atoms with Gasteiger partial charge in [0.25, 0.3) is 0 Å². The molecule has 1 aliphatic rings. The minimum Gasteiger partial charge on any atom is -0.468 e. The van der Waals surface area contributed by atoms with Crippen molar-refractivity contribution in [1.82, 2.24) is 5.32 Å². The third-order valence-electron chi connectivity index (χ3n) is 9.45. The van der Waals surface area contributed by atoms with Crippen molar-refractivity contribution >= 4 is 5.97 Å². The standard InChI is InChI=1S/C43H37N5O2/c1-50-41(49)40(30-32-16-6-2-7-17-32)44-31-33-26-28-34(29-27-33)38-24-14-15-25-39(38)43(45-47-48-46-43)42(35-18-8-3-9-19-35,36-20-10-4-11-21-36)37-22-12-5-13-23-37/h2-29,40,44H,30-31H2,1H3/t40-/m0/s1. The number of methoxy groups -OCH3 is 1. The molecule has 1 heterocycles. The molecule has 50 heavy (non-hydrogen) atoms. The van der Waals surface area contributed by atoms with Crippen LogP contribution in [0.3, 0.4) is 0 Å². The topological polar surface area (TPSA) is 87.8 Å². The van der Waals surface area contributed by atoms with Crippen LogP contribution in [-0.2, 0) is 33.6 Å². The molecule has 7 heteroatoms. The van der Waals surface area contributed by atoms with E-state index in [0.29, 0.717) is 13.0 Å². The first-order valence-corrected chi connectivity index (χ1v) is 16.7. The molecule has 0 aromatic heterocycles. The first-order valence-electron chi connectivity index (χ1n) is 16.7. The fourth-order valence-corrected chi connectivity index (χ4v) is 7.13. The van der Waals surface area contributed by atoms with E-state index in [-0.39, 0.29) is 5.97 Å². The highest BCUT2D eigenvalue weighted by atomic mass is 16.5. The molecule has 0 saturated carbocycles. The van der Waals surface area contributed by atoms with Crippen molar-refractivity contribution in [2.45, 2.75) is 30.1 Å². The number of esters is 1. The van der Waals surface area contributed by atoms with Gasteiger partial charge in [-0.1, -0.05) is 170 Å². The molecule has 0 spiro atoms. The largest absolute Gasteiger partial charge is 0.468 e. The molecule has 0 unspecified atom stereocenters. The monoisotopic (exact) mass is 655 g/mol. The van der Waals surface area contributed by atoms with E-state index in [0.717, 1.165) is 44.5 Å². The van der Waals surface area contributed by atoms with Crippen LogP contribution in [0.1, 0.15) is 33.4 Å². The van der Waals surface area contributed by atoms with Crippen LogP contribution in [0.5, 0.6) is 0 Å². The third kappa shape index (κ3) is 6.04. The maximum atomic E-state index is 12.6. The van der Waals surface area contributed by atoms with Crippen molar-refractivity contribution in [3.63, 3.8) is 0 Å². The Labute approximate surface area is 292 Å². The summed E-state index contributed by atoms with van der Waals surface area (Å²) >= 11 is 0. The Kier molecular flexibility index (Phi) is 9.49. The van der Waals surface area contributed by atoms with Gasteiger partial charge in [0.1, 0.15) is 6.04 Å². The predicted molar refractivity (Wildman–Crippen MR) is 195 cm³/mol. The van der Waals surface area contributed by atoms with Crippen molar-refractivity contribution in [1.29, 1.82) is 0 Å². The van der Waals surface area contributed by atoms with E-state index in [4.69, 9.17) is 15.0 Å². The van der Waals surface area contributed by atoms with Gasteiger partial charge in [-0.15, -0.1) is 10.2 Å². The highest BCUT2D eigenvalue weighted by molar-refractivity contribution is 5.76. The minimum absolute atomic E-state index is 0.289. The van der Waals surface area contributed by atoms with Crippen LogP contribution in [0.15, 0.2) is 191 Å². The van der Waals surface area contributed by atoms with Crippen LogP contribution in [0.25, 0.3) is 11.1 Å². The average molecular weight is 656 g/mol. The third-order valence-corrected chi connectivity index (χ3v) is 9.45. The average Bonchev–Trinajstić information content (AvgIpc) is 3.69. The van der Waals surface area contributed by atoms with Gasteiger partial charge < -0.3 is 10.1 Å². The van der Waals surface area contributed by atoms with Crippen LogP contribution in [0.2, 0.25) is 0 Å². The first kappa shape index (κ1) is 32.5. The Morgan fingerprint density at radius 2 is 1.10 bits per heavy atom. The van der Waals surface area contributed by atoms with Gasteiger partial charge in [-0.2, -0.15) is 0 Å². The molecule has 1 N–H and O–H groups in total. The number of ether oxygens (including phenoxy) is 1. The van der Waals surface area contributed by atoms with E-state index in [9.17, 15) is 4.79 Å². The summed E-state index contributed by atoms with van der Waals surface area (Å²) < 4.78 is 5.11. The minimum atomic E-state index is -1.28. The lowest BCUT2D eigenvalue weighted by Gasteiger charge is -2.45. The van der Waals surface area contributed by atoms with E-state index in [2.05, 4.69) is 125 Å². The highest BCUT2D eigenvalue weighted by Crippen LogP contribution is 2.58. The lowest BCUT2D eigenvalue weighted by molar-refractivity contribution is -0.143. The molecular formula is C43H37N5O2. The van der Waals surface area contributed by atoms with E-state index in [1.807, 2.05) is 60.7 Å². The van der Waals surface area contributed by atoms with Crippen LogP contribution in [0.4, 0.5) is 0 Å². The second-order valence-electron chi connectivity index (χ2n) is 12.3. The SMILES string of the molecule is COC(=O)[C@H](Cc1ccccc1)NCc1ccc(-c2ccccc2C2(C(c3ccccc3)(c3ccccc3)c3ccccc3)N=NN=N2)cc1. The summed E-state index contributed by atoms with van der Waals surface area (Å²) in [5.74, 6) is -0.289. The number of rotatable bonds is 12. The second-order valence-corrected chi connectivity index (χ2v) is 12.3. The van der Waals surface area contributed by atoms with E-state index in [1.54, 1.807) is 0 Å². The van der Waals surface area contributed by atoms with Crippen LogP contribution < -0.4 is 5.32 Å². The smallest absolute Gasteiger partial charge is 0.323 e. The number of nitrogens with zero attached hydrogens (tertiary/aromatic N) is 4. The normalized spacial score (nSPS) is 13.9. The second kappa shape index (κ2) is 14.6. The summed E-state index contributed by atoms with van der Waals surface area (Å²) in [6, 6.07) is 57.3. The van der Waals surface area contributed by atoms with Gasteiger partial charge in [0.2, 0.25) is 5.66 Å². The molecule has 0 aliphatic carbocycles. The Balaban J connectivity index is 1.31. The molecule has 0 amide bonds. The van der Waals surface area contributed by atoms with Gasteiger partial charge in [-0.05, 0) is 55.8 Å². The quantitative estimate of drug-likeness (QED) is 0.105. The number of hydrogen-bond acceptors (Lipinski definition) is 7. The maximum absolute atomic E-state index is 12.6. The lowest BCUT2D eigenvalue weighted by Crippen LogP contribution is -2.48. The maximum Gasteiger partial charge on any atom is 0.323 e. The number of nitrogens with one attached hydrogen (secondary N) is 1. The molecule has 1 atom stereocenters. The Morgan fingerprint density at radius 1 is 0.620 bits per heavy atom. The van der Waals surface area contributed by atoms with Crippen molar-refractivity contribution in [3.8, 4) is 11.1 Å². The van der Waals surface area contributed by atoms with Crippen molar-refractivity contribution in [3.05, 3.63) is 203 Å². The number of hydrogen-bond donors (Lipinski definition) is 1. The fourth-order valence-electron chi connectivity index (χ4n) is 7.13. The summed E-state index contributed by atoms with van der Waals surface area (Å²) in [5.41, 5.74) is 5.79. The fraction of sp³-hybridized carbons (Fsp3) is 0.140. The predicted octanol–water partition coefficient (Wildman–Crippen LogP) is 9.25.